The van der Waals surface area contributed by atoms with E-state index in [1.165, 1.54) is 6.07 Å². The van der Waals surface area contributed by atoms with Crippen molar-refractivity contribution in [1.82, 2.24) is 0 Å². The van der Waals surface area contributed by atoms with Crippen molar-refractivity contribution in [2.45, 2.75) is 0 Å². The Morgan fingerprint density at radius 1 is 1.27 bits per heavy atom. The molecule has 1 aromatic rings. The Morgan fingerprint density at radius 3 is 2.47 bits per heavy atom. The van der Waals surface area contributed by atoms with Crippen molar-refractivity contribution < 1.29 is 14.0 Å². The molecule has 0 bridgehead atoms. The van der Waals surface area contributed by atoms with Crippen molar-refractivity contribution in [3.63, 3.8) is 0 Å². The van der Waals surface area contributed by atoms with E-state index in [2.05, 4.69) is 5.92 Å². The highest BCUT2D eigenvalue weighted by Gasteiger charge is 2.07. The van der Waals surface area contributed by atoms with Gasteiger partial charge in [0.1, 0.15) is 5.82 Å². The Balaban J connectivity index is 3.27. The summed E-state index contributed by atoms with van der Waals surface area (Å²) in [4.78, 5) is 21.3. The number of carbonyl (C=O) groups excluding carboxylic acids is 2. The molecule has 0 heterocycles. The number of amides is 2. The molecule has 0 aliphatic rings. The predicted molar refractivity (Wildman–Crippen MR) is 51.0 cm³/mol. The van der Waals surface area contributed by atoms with Crippen LogP contribution in [0.1, 0.15) is 15.9 Å². The van der Waals surface area contributed by atoms with Gasteiger partial charge in [0, 0.05) is 11.5 Å². The zero-order valence-electron chi connectivity index (χ0n) is 7.58. The molecule has 1 aromatic carbocycles. The second-order valence-electron chi connectivity index (χ2n) is 2.67. The molecular formula is C10H7FN2O2. The average molecular weight is 206 g/mol. The Hall–Kier alpha value is -2.35. The summed E-state index contributed by atoms with van der Waals surface area (Å²) in [5.41, 5.74) is 9.90. The van der Waals surface area contributed by atoms with E-state index in [1.54, 1.807) is 0 Å². The largest absolute Gasteiger partial charge is 0.366 e. The first-order chi connectivity index (χ1) is 7.00. The fourth-order valence-electron chi connectivity index (χ4n) is 0.964. The quantitative estimate of drug-likeness (QED) is 0.621. The lowest BCUT2D eigenvalue weighted by atomic mass is 10.1. The zero-order chi connectivity index (χ0) is 11.4. The molecule has 0 radical (unpaired) electrons. The molecule has 4 N–H and O–H groups in total. The molecule has 0 fully saturated rings. The standard InChI is InChI=1S/C10H7FN2O2/c11-7-2-3-8(10(13)15)6(5-7)1-4-9(12)14/h2-3,5H,(H2,12,14)(H2,13,15). The first-order valence-electron chi connectivity index (χ1n) is 3.91. The summed E-state index contributed by atoms with van der Waals surface area (Å²) in [5, 5.41) is 0. The average Bonchev–Trinajstić information content (AvgIpc) is 2.14. The van der Waals surface area contributed by atoms with E-state index in [0.717, 1.165) is 12.1 Å². The minimum atomic E-state index is -0.866. The smallest absolute Gasteiger partial charge is 0.293 e. The number of benzene rings is 1. The van der Waals surface area contributed by atoms with Gasteiger partial charge in [0.25, 0.3) is 5.91 Å². The molecule has 0 spiro atoms. The Kier molecular flexibility index (Phi) is 3.03. The van der Waals surface area contributed by atoms with E-state index < -0.39 is 17.6 Å². The number of halogens is 1. The van der Waals surface area contributed by atoms with Crippen molar-refractivity contribution in [3.8, 4) is 11.8 Å². The topological polar surface area (TPSA) is 86.2 Å². The lowest BCUT2D eigenvalue weighted by Crippen LogP contribution is -2.13. The third-order valence-electron chi connectivity index (χ3n) is 1.57. The summed E-state index contributed by atoms with van der Waals surface area (Å²) in [6.45, 7) is 0. The molecule has 0 aliphatic heterocycles. The van der Waals surface area contributed by atoms with Gasteiger partial charge >= 0.3 is 0 Å². The summed E-state index contributed by atoms with van der Waals surface area (Å²) >= 11 is 0. The minimum Gasteiger partial charge on any atom is -0.366 e. The maximum Gasteiger partial charge on any atom is 0.293 e. The maximum atomic E-state index is 12.8. The fourth-order valence-corrected chi connectivity index (χ4v) is 0.964. The van der Waals surface area contributed by atoms with Crippen LogP contribution < -0.4 is 11.5 Å². The van der Waals surface area contributed by atoms with Crippen molar-refractivity contribution >= 4 is 11.8 Å². The summed E-state index contributed by atoms with van der Waals surface area (Å²) in [5.74, 6) is 2.08. The van der Waals surface area contributed by atoms with Crippen LogP contribution in [-0.4, -0.2) is 11.8 Å². The van der Waals surface area contributed by atoms with E-state index in [1.807, 2.05) is 5.92 Å². The lowest BCUT2D eigenvalue weighted by molar-refractivity contribution is -0.112. The van der Waals surface area contributed by atoms with Crippen LogP contribution in [-0.2, 0) is 4.79 Å². The van der Waals surface area contributed by atoms with E-state index in [9.17, 15) is 14.0 Å². The number of hydrogen-bond acceptors (Lipinski definition) is 2. The normalized spacial score (nSPS) is 8.87. The van der Waals surface area contributed by atoms with Gasteiger partial charge in [0.2, 0.25) is 5.91 Å². The SMILES string of the molecule is NC(=O)C#Cc1cc(F)ccc1C(N)=O. The van der Waals surface area contributed by atoms with Gasteiger partial charge < -0.3 is 11.5 Å². The molecule has 15 heavy (non-hydrogen) atoms. The summed E-state index contributed by atoms with van der Waals surface area (Å²) in [6, 6.07) is 3.29. The van der Waals surface area contributed by atoms with Gasteiger partial charge in [0.05, 0.1) is 5.56 Å². The molecular weight excluding hydrogens is 199 g/mol. The van der Waals surface area contributed by atoms with Crippen LogP contribution in [0.2, 0.25) is 0 Å². The Labute approximate surface area is 85.1 Å². The van der Waals surface area contributed by atoms with Gasteiger partial charge in [-0.05, 0) is 18.2 Å². The number of nitrogens with two attached hydrogens (primary N) is 2. The zero-order valence-corrected chi connectivity index (χ0v) is 7.58. The molecule has 0 saturated carbocycles. The number of hydrogen-bond donors (Lipinski definition) is 2. The van der Waals surface area contributed by atoms with Gasteiger partial charge in [-0.25, -0.2) is 4.39 Å². The predicted octanol–water partition coefficient (Wildman–Crippen LogP) is -0.239. The van der Waals surface area contributed by atoms with Crippen LogP contribution in [0.5, 0.6) is 0 Å². The highest BCUT2D eigenvalue weighted by atomic mass is 19.1. The Morgan fingerprint density at radius 2 is 1.93 bits per heavy atom. The van der Waals surface area contributed by atoms with Gasteiger partial charge in [-0.2, -0.15) is 0 Å². The second kappa shape index (κ2) is 4.24. The van der Waals surface area contributed by atoms with Crippen LogP contribution in [0.4, 0.5) is 4.39 Å². The monoisotopic (exact) mass is 206 g/mol. The van der Waals surface area contributed by atoms with Gasteiger partial charge in [0.15, 0.2) is 0 Å². The summed E-state index contributed by atoms with van der Waals surface area (Å²) in [6.07, 6.45) is 0. The fraction of sp³-hybridized carbons (Fsp3) is 0. The van der Waals surface area contributed by atoms with Crippen LogP contribution in [0.25, 0.3) is 0 Å². The van der Waals surface area contributed by atoms with Gasteiger partial charge in [-0.3, -0.25) is 9.59 Å². The van der Waals surface area contributed by atoms with E-state index in [-0.39, 0.29) is 11.1 Å². The molecule has 0 atom stereocenters. The van der Waals surface area contributed by atoms with Crippen LogP contribution in [0.3, 0.4) is 0 Å². The van der Waals surface area contributed by atoms with Gasteiger partial charge in [-0.15, -0.1) is 0 Å². The molecule has 5 heteroatoms. The summed E-state index contributed by atoms with van der Waals surface area (Å²) in [7, 11) is 0. The van der Waals surface area contributed by atoms with Gasteiger partial charge in [-0.1, -0.05) is 5.92 Å². The highest BCUT2D eigenvalue weighted by Crippen LogP contribution is 2.09. The van der Waals surface area contributed by atoms with Crippen LogP contribution in [0, 0.1) is 17.7 Å². The number of carbonyl (C=O) groups is 2. The first kappa shape index (κ1) is 10.7. The molecule has 76 valence electrons. The van der Waals surface area contributed by atoms with Crippen molar-refractivity contribution in [2.24, 2.45) is 11.5 Å². The van der Waals surface area contributed by atoms with E-state index in [0.29, 0.717) is 0 Å². The van der Waals surface area contributed by atoms with Crippen molar-refractivity contribution in [1.29, 1.82) is 0 Å². The second-order valence-corrected chi connectivity index (χ2v) is 2.67. The molecule has 0 unspecified atom stereocenters. The van der Waals surface area contributed by atoms with Crippen LogP contribution >= 0.6 is 0 Å². The molecule has 4 nitrogen and oxygen atoms in total. The first-order valence-corrected chi connectivity index (χ1v) is 3.91. The van der Waals surface area contributed by atoms with Crippen LogP contribution in [0.15, 0.2) is 18.2 Å². The Bertz CT molecular complexity index is 486. The maximum absolute atomic E-state index is 12.8. The number of primary amides is 2. The molecule has 1 rings (SSSR count). The molecule has 0 aliphatic carbocycles. The third kappa shape index (κ3) is 2.81. The van der Waals surface area contributed by atoms with Crippen molar-refractivity contribution in [2.75, 3.05) is 0 Å². The molecule has 0 saturated heterocycles. The lowest BCUT2D eigenvalue weighted by Gasteiger charge is -1.99. The highest BCUT2D eigenvalue weighted by molar-refractivity contribution is 5.97. The van der Waals surface area contributed by atoms with Crippen molar-refractivity contribution in [3.05, 3.63) is 35.1 Å². The molecule has 2 amide bonds. The summed E-state index contributed by atoms with van der Waals surface area (Å²) < 4.78 is 12.8. The minimum absolute atomic E-state index is 0.0429. The van der Waals surface area contributed by atoms with E-state index >= 15 is 0 Å². The number of rotatable bonds is 1. The van der Waals surface area contributed by atoms with E-state index in [4.69, 9.17) is 11.5 Å². The third-order valence-corrected chi connectivity index (χ3v) is 1.57. The molecule has 0 aromatic heterocycles.